The molecule has 0 saturated carbocycles. The quantitative estimate of drug-likeness (QED) is 0.163. The maximum Gasteiger partial charge on any atom is 0.164 e. The normalized spacial score (nSPS) is 14.2. The van der Waals surface area contributed by atoms with Crippen molar-refractivity contribution in [3.05, 3.63) is 227 Å². The zero-order valence-corrected chi connectivity index (χ0v) is 32.7. The fourth-order valence-corrected chi connectivity index (χ4v) is 8.84. The lowest BCUT2D eigenvalue weighted by molar-refractivity contribution is 0.769. The lowest BCUT2D eigenvalue weighted by Gasteiger charge is -2.34. The van der Waals surface area contributed by atoms with Crippen LogP contribution in [-0.2, 0) is 5.41 Å². The zero-order chi connectivity index (χ0) is 39.2. The summed E-state index contributed by atoms with van der Waals surface area (Å²) in [5.41, 5.74) is 17.7. The van der Waals surface area contributed by atoms with Crippen LogP contribution in [0, 0.1) is 20.8 Å². The molecular weight excluding hydrogens is 705 g/mol. The summed E-state index contributed by atoms with van der Waals surface area (Å²) in [5, 5.41) is 0. The van der Waals surface area contributed by atoms with Crippen molar-refractivity contribution in [1.29, 1.82) is 0 Å². The molecule has 1 aliphatic carbocycles. The van der Waals surface area contributed by atoms with Gasteiger partial charge in [0.25, 0.3) is 0 Å². The monoisotopic (exact) mass is 744 g/mol. The Morgan fingerprint density at radius 2 is 0.948 bits per heavy atom. The summed E-state index contributed by atoms with van der Waals surface area (Å²) in [7, 11) is 0. The standard InChI is InChI=1S/C54H40N4/c1-35-30-41(34-55-33-35)46-24-11-10-23-45(46)39-19-15-22-43(31-39)54(42-20-8-5-9-21-42)49-27-13-12-25-47(49)48-32-40(28-29-50(48)54)52-56-51(38-17-6-4-7-18-38)57-53(58-52)44-26-14-16-36(2)37(44)3/h4-34H,1-3H3. The third kappa shape index (κ3) is 5.84. The van der Waals surface area contributed by atoms with E-state index < -0.39 is 5.41 Å². The van der Waals surface area contributed by atoms with Crippen molar-refractivity contribution in [1.82, 2.24) is 19.9 Å². The van der Waals surface area contributed by atoms with Gasteiger partial charge in [0, 0.05) is 34.6 Å². The first-order valence-corrected chi connectivity index (χ1v) is 19.8. The number of hydrogen-bond donors (Lipinski definition) is 0. The molecular formula is C54H40N4. The first-order chi connectivity index (χ1) is 28.5. The van der Waals surface area contributed by atoms with Crippen molar-refractivity contribution in [2.75, 3.05) is 0 Å². The van der Waals surface area contributed by atoms with E-state index in [0.717, 1.165) is 44.5 Å². The summed E-state index contributed by atoms with van der Waals surface area (Å²) in [6, 6.07) is 63.1. The van der Waals surface area contributed by atoms with Gasteiger partial charge in [-0.2, -0.15) is 0 Å². The van der Waals surface area contributed by atoms with Crippen LogP contribution in [0.25, 0.3) is 67.5 Å². The molecule has 0 amide bonds. The third-order valence-electron chi connectivity index (χ3n) is 11.7. The Morgan fingerprint density at radius 1 is 0.362 bits per heavy atom. The maximum absolute atomic E-state index is 5.19. The van der Waals surface area contributed by atoms with Crippen LogP contribution < -0.4 is 0 Å². The highest BCUT2D eigenvalue weighted by molar-refractivity contribution is 5.90. The molecule has 2 heterocycles. The van der Waals surface area contributed by atoms with Crippen LogP contribution in [0.5, 0.6) is 0 Å². The van der Waals surface area contributed by atoms with E-state index in [1.807, 2.05) is 30.6 Å². The van der Waals surface area contributed by atoms with Gasteiger partial charge in [0.1, 0.15) is 0 Å². The Hall–Kier alpha value is -7.30. The first kappa shape index (κ1) is 35.1. The number of aromatic nitrogens is 4. The second-order valence-electron chi connectivity index (χ2n) is 15.2. The highest BCUT2D eigenvalue weighted by atomic mass is 15.0. The predicted molar refractivity (Wildman–Crippen MR) is 236 cm³/mol. The molecule has 0 spiro atoms. The predicted octanol–water partition coefficient (Wildman–Crippen LogP) is 12.9. The average Bonchev–Trinajstić information content (AvgIpc) is 3.58. The topological polar surface area (TPSA) is 51.6 Å². The summed E-state index contributed by atoms with van der Waals surface area (Å²) in [6.07, 6.45) is 3.87. The SMILES string of the molecule is Cc1cncc(-c2ccccc2-c2cccc(C3(c4ccccc4)c4ccccc4-c4cc(-c5nc(-c6ccccc6)nc(-c6cccc(C)c6C)n5)ccc43)c2)c1. The van der Waals surface area contributed by atoms with Gasteiger partial charge in [-0.15, -0.1) is 0 Å². The zero-order valence-electron chi connectivity index (χ0n) is 32.7. The van der Waals surface area contributed by atoms with E-state index in [9.17, 15) is 0 Å². The average molecular weight is 745 g/mol. The van der Waals surface area contributed by atoms with E-state index >= 15 is 0 Å². The minimum Gasteiger partial charge on any atom is -0.264 e. The second-order valence-corrected chi connectivity index (χ2v) is 15.2. The summed E-state index contributed by atoms with van der Waals surface area (Å²) in [5.74, 6) is 1.97. The van der Waals surface area contributed by atoms with Gasteiger partial charge in [0.05, 0.1) is 5.41 Å². The lowest BCUT2D eigenvalue weighted by Crippen LogP contribution is -2.28. The number of nitrogens with zero attached hydrogens (tertiary/aromatic N) is 4. The van der Waals surface area contributed by atoms with Crippen molar-refractivity contribution in [3.8, 4) is 67.5 Å². The third-order valence-corrected chi connectivity index (χ3v) is 11.7. The van der Waals surface area contributed by atoms with Crippen molar-refractivity contribution in [2.24, 2.45) is 0 Å². The summed E-state index contributed by atoms with van der Waals surface area (Å²) >= 11 is 0. The molecule has 10 rings (SSSR count). The summed E-state index contributed by atoms with van der Waals surface area (Å²) in [4.78, 5) is 19.9. The molecule has 276 valence electrons. The minimum atomic E-state index is -0.584. The van der Waals surface area contributed by atoms with Crippen LogP contribution in [0.2, 0.25) is 0 Å². The van der Waals surface area contributed by atoms with Crippen LogP contribution in [0.3, 0.4) is 0 Å². The molecule has 0 radical (unpaired) electrons. The van der Waals surface area contributed by atoms with Gasteiger partial charge in [-0.25, -0.2) is 15.0 Å². The van der Waals surface area contributed by atoms with Crippen molar-refractivity contribution in [3.63, 3.8) is 0 Å². The number of rotatable bonds is 7. The van der Waals surface area contributed by atoms with Gasteiger partial charge in [-0.05, 0) is 106 Å². The molecule has 4 nitrogen and oxygen atoms in total. The van der Waals surface area contributed by atoms with Crippen LogP contribution in [0.1, 0.15) is 38.9 Å². The Bertz CT molecular complexity index is 2990. The van der Waals surface area contributed by atoms with Gasteiger partial charge < -0.3 is 0 Å². The molecule has 0 N–H and O–H groups in total. The van der Waals surface area contributed by atoms with Gasteiger partial charge in [-0.1, -0.05) is 158 Å². The minimum absolute atomic E-state index is 0.584. The molecule has 7 aromatic carbocycles. The van der Waals surface area contributed by atoms with E-state index in [1.54, 1.807) is 0 Å². The number of aryl methyl sites for hydroxylation is 2. The molecule has 58 heavy (non-hydrogen) atoms. The van der Waals surface area contributed by atoms with Crippen molar-refractivity contribution < 1.29 is 0 Å². The molecule has 1 unspecified atom stereocenters. The maximum atomic E-state index is 5.19. The molecule has 1 atom stereocenters. The van der Waals surface area contributed by atoms with Crippen molar-refractivity contribution >= 4 is 0 Å². The van der Waals surface area contributed by atoms with E-state index in [4.69, 9.17) is 15.0 Å². The van der Waals surface area contributed by atoms with Gasteiger partial charge >= 0.3 is 0 Å². The number of benzene rings is 7. The number of pyridine rings is 1. The van der Waals surface area contributed by atoms with Crippen LogP contribution in [0.4, 0.5) is 0 Å². The highest BCUT2D eigenvalue weighted by Crippen LogP contribution is 2.57. The van der Waals surface area contributed by atoms with E-state index in [2.05, 4.69) is 183 Å². The Labute approximate surface area is 339 Å². The van der Waals surface area contributed by atoms with E-state index in [-0.39, 0.29) is 0 Å². The second kappa shape index (κ2) is 14.3. The molecule has 0 aliphatic heterocycles. The van der Waals surface area contributed by atoms with Gasteiger partial charge in [0.15, 0.2) is 17.5 Å². The highest BCUT2D eigenvalue weighted by Gasteiger charge is 2.46. The van der Waals surface area contributed by atoms with E-state index in [0.29, 0.717) is 17.5 Å². The molecule has 2 aromatic heterocycles. The molecule has 0 fully saturated rings. The van der Waals surface area contributed by atoms with Crippen molar-refractivity contribution in [2.45, 2.75) is 26.2 Å². The fourth-order valence-electron chi connectivity index (χ4n) is 8.84. The van der Waals surface area contributed by atoms with Crippen LogP contribution in [0.15, 0.2) is 188 Å². The Balaban J connectivity index is 1.19. The summed E-state index contributed by atoms with van der Waals surface area (Å²) < 4.78 is 0. The van der Waals surface area contributed by atoms with Gasteiger partial charge in [-0.3, -0.25) is 4.98 Å². The molecule has 4 heteroatoms. The number of fused-ring (bicyclic) bond motifs is 3. The largest absolute Gasteiger partial charge is 0.264 e. The fraction of sp³-hybridized carbons (Fsp3) is 0.0741. The van der Waals surface area contributed by atoms with Gasteiger partial charge in [0.2, 0.25) is 0 Å². The Morgan fingerprint density at radius 3 is 1.72 bits per heavy atom. The van der Waals surface area contributed by atoms with Crippen LogP contribution >= 0.6 is 0 Å². The lowest BCUT2D eigenvalue weighted by atomic mass is 9.67. The van der Waals surface area contributed by atoms with E-state index in [1.165, 1.54) is 44.5 Å². The molecule has 0 bridgehead atoms. The van der Waals surface area contributed by atoms with Crippen LogP contribution in [-0.4, -0.2) is 19.9 Å². The molecule has 0 saturated heterocycles. The molecule has 1 aliphatic rings. The smallest absolute Gasteiger partial charge is 0.164 e. The Kier molecular flexibility index (Phi) is 8.68. The number of hydrogen-bond acceptors (Lipinski definition) is 4. The molecule has 9 aromatic rings. The first-order valence-electron chi connectivity index (χ1n) is 19.8. The summed E-state index contributed by atoms with van der Waals surface area (Å²) in [6.45, 7) is 6.36.